The van der Waals surface area contributed by atoms with E-state index in [1.807, 2.05) is 23.5 Å². The Morgan fingerprint density at radius 3 is 1.88 bits per heavy atom. The maximum atomic E-state index is 3.82. The summed E-state index contributed by atoms with van der Waals surface area (Å²) in [5.41, 5.74) is 5.92. The highest BCUT2D eigenvalue weighted by molar-refractivity contribution is 8.22. The van der Waals surface area contributed by atoms with Crippen LogP contribution in [0.2, 0.25) is 16.6 Å². The summed E-state index contributed by atoms with van der Waals surface area (Å²) >= 11 is 3.95. The summed E-state index contributed by atoms with van der Waals surface area (Å²) in [7, 11) is -1.62. The van der Waals surface area contributed by atoms with Gasteiger partial charge in [0.15, 0.2) is 0 Å². The van der Waals surface area contributed by atoms with Crippen LogP contribution in [0.15, 0.2) is 10.3 Å². The zero-order valence-electron chi connectivity index (χ0n) is 17.7. The van der Waals surface area contributed by atoms with Crippen molar-refractivity contribution < 1.29 is 0 Å². The molecule has 0 fully saturated rings. The van der Waals surface area contributed by atoms with E-state index in [1.54, 1.807) is 0 Å². The second-order valence-electron chi connectivity index (χ2n) is 8.55. The average Bonchev–Trinajstić information content (AvgIpc) is 2.40. The van der Waals surface area contributed by atoms with Crippen molar-refractivity contribution in [2.45, 2.75) is 103 Å². The SMILES string of the molecule is CCCCS/C(=C/C#C[Si](C(C)C)(C(C)C)C(C)C)SC(C)(C)C. The predicted octanol–water partition coefficient (Wildman–Crippen LogP) is 8.11. The first-order chi connectivity index (χ1) is 11.0. The predicted molar refractivity (Wildman–Crippen MR) is 122 cm³/mol. The quantitative estimate of drug-likeness (QED) is 0.235. The molecule has 0 bridgehead atoms. The fraction of sp³-hybridized carbons (Fsp3) is 0.810. The number of allylic oxidation sites excluding steroid dienone is 1. The minimum Gasteiger partial charge on any atom is -0.126 e. The Hall–Kier alpha value is 0.217. The summed E-state index contributed by atoms with van der Waals surface area (Å²) < 4.78 is 1.64. The largest absolute Gasteiger partial charge is 0.146 e. The lowest BCUT2D eigenvalue weighted by atomic mass is 10.3. The van der Waals surface area contributed by atoms with Gasteiger partial charge in [0, 0.05) is 15.1 Å². The number of unbranched alkanes of at least 4 members (excludes halogenated alkanes) is 1. The van der Waals surface area contributed by atoms with E-state index in [9.17, 15) is 0 Å². The molecular weight excluding hydrogens is 344 g/mol. The van der Waals surface area contributed by atoms with E-state index in [1.165, 1.54) is 22.8 Å². The number of hydrogen-bond donors (Lipinski definition) is 0. The third kappa shape index (κ3) is 8.06. The first-order valence-electron chi connectivity index (χ1n) is 9.52. The fourth-order valence-corrected chi connectivity index (χ4v) is 11.3. The molecule has 0 aromatic heterocycles. The van der Waals surface area contributed by atoms with E-state index in [-0.39, 0.29) is 4.75 Å². The summed E-state index contributed by atoms with van der Waals surface area (Å²) in [4.78, 5) is 0. The van der Waals surface area contributed by atoms with Crippen LogP contribution in [-0.2, 0) is 0 Å². The van der Waals surface area contributed by atoms with Gasteiger partial charge in [-0.2, -0.15) is 0 Å². The smallest absolute Gasteiger partial charge is 0.126 e. The third-order valence-corrected chi connectivity index (χ3v) is 13.2. The molecule has 0 nitrogen and oxygen atoms in total. The molecule has 0 unspecified atom stereocenters. The normalized spacial score (nSPS) is 13.6. The summed E-state index contributed by atoms with van der Waals surface area (Å²) in [6.07, 6.45) is 4.75. The molecule has 24 heavy (non-hydrogen) atoms. The Labute approximate surface area is 162 Å². The fourth-order valence-electron chi connectivity index (χ4n) is 3.37. The molecule has 0 radical (unpaired) electrons. The van der Waals surface area contributed by atoms with Crippen molar-refractivity contribution in [3.63, 3.8) is 0 Å². The maximum absolute atomic E-state index is 3.82. The van der Waals surface area contributed by atoms with Crippen molar-refractivity contribution in [2.24, 2.45) is 0 Å². The van der Waals surface area contributed by atoms with Crippen LogP contribution in [0.4, 0.5) is 0 Å². The lowest BCUT2D eigenvalue weighted by Gasteiger charge is -2.38. The Kier molecular flexibility index (Phi) is 11.1. The van der Waals surface area contributed by atoms with Gasteiger partial charge in [-0.3, -0.25) is 0 Å². The van der Waals surface area contributed by atoms with Gasteiger partial charge in [0.05, 0.1) is 0 Å². The van der Waals surface area contributed by atoms with Gasteiger partial charge < -0.3 is 0 Å². The zero-order valence-corrected chi connectivity index (χ0v) is 20.4. The van der Waals surface area contributed by atoms with Gasteiger partial charge in [-0.05, 0) is 28.8 Å². The van der Waals surface area contributed by atoms with Crippen LogP contribution in [0.25, 0.3) is 0 Å². The van der Waals surface area contributed by atoms with Crippen molar-refractivity contribution >= 4 is 31.6 Å². The van der Waals surface area contributed by atoms with E-state index >= 15 is 0 Å². The van der Waals surface area contributed by atoms with Crippen LogP contribution in [-0.4, -0.2) is 18.6 Å². The van der Waals surface area contributed by atoms with Crippen LogP contribution >= 0.6 is 23.5 Å². The molecule has 0 N–H and O–H groups in total. The lowest BCUT2D eigenvalue weighted by Crippen LogP contribution is -2.43. The molecule has 0 saturated heterocycles. The number of rotatable bonds is 8. The van der Waals surface area contributed by atoms with Gasteiger partial charge in [-0.1, -0.05) is 81.6 Å². The molecule has 3 heteroatoms. The standard InChI is InChI=1S/C21H40S2Si/c1-11-12-15-22-20(23-21(8,9)10)14-13-16-24(17(2)3,18(4)5)19(6)7/h14,17-19H,11-12,15H2,1-10H3/b20-14-. The minimum atomic E-state index is -1.62. The van der Waals surface area contributed by atoms with Crippen molar-refractivity contribution in [2.75, 3.05) is 5.75 Å². The average molecular weight is 385 g/mol. The molecule has 0 aliphatic rings. The monoisotopic (exact) mass is 384 g/mol. The van der Waals surface area contributed by atoms with Gasteiger partial charge in [-0.15, -0.1) is 29.1 Å². The topological polar surface area (TPSA) is 0 Å². The molecule has 0 aliphatic carbocycles. The second-order valence-corrected chi connectivity index (χ2v) is 17.4. The van der Waals surface area contributed by atoms with Crippen LogP contribution in [0.1, 0.15) is 82.1 Å². The van der Waals surface area contributed by atoms with Crippen LogP contribution < -0.4 is 0 Å². The van der Waals surface area contributed by atoms with Gasteiger partial charge in [0.2, 0.25) is 0 Å². The van der Waals surface area contributed by atoms with E-state index in [4.69, 9.17) is 0 Å². The van der Waals surface area contributed by atoms with Crippen molar-refractivity contribution in [1.29, 1.82) is 0 Å². The highest BCUT2D eigenvalue weighted by atomic mass is 32.2. The Morgan fingerprint density at radius 1 is 1.00 bits per heavy atom. The van der Waals surface area contributed by atoms with Gasteiger partial charge in [0.25, 0.3) is 0 Å². The second kappa shape index (κ2) is 11.0. The molecular formula is C21H40S2Si. The van der Waals surface area contributed by atoms with Gasteiger partial charge >= 0.3 is 0 Å². The van der Waals surface area contributed by atoms with Crippen molar-refractivity contribution in [3.05, 3.63) is 10.3 Å². The minimum absolute atomic E-state index is 0.245. The summed E-state index contributed by atoms with van der Waals surface area (Å²) in [5, 5.41) is 0. The molecule has 0 amide bonds. The van der Waals surface area contributed by atoms with Crippen molar-refractivity contribution in [1.82, 2.24) is 0 Å². The molecule has 0 spiro atoms. The molecule has 0 aliphatic heterocycles. The van der Waals surface area contributed by atoms with E-state index in [0.29, 0.717) is 16.6 Å². The molecule has 0 aromatic rings. The first kappa shape index (κ1) is 24.2. The molecule has 140 valence electrons. The zero-order chi connectivity index (χ0) is 19.0. The Morgan fingerprint density at radius 2 is 1.50 bits per heavy atom. The summed E-state index contributed by atoms with van der Waals surface area (Å²) in [5.74, 6) is 4.73. The molecule has 0 atom stereocenters. The van der Waals surface area contributed by atoms with Crippen LogP contribution in [0.5, 0.6) is 0 Å². The molecule has 0 heterocycles. The van der Waals surface area contributed by atoms with E-state index < -0.39 is 8.07 Å². The molecule has 0 saturated carbocycles. The van der Waals surface area contributed by atoms with Gasteiger partial charge in [-0.25, -0.2) is 0 Å². The lowest BCUT2D eigenvalue weighted by molar-refractivity contribution is 0.807. The van der Waals surface area contributed by atoms with E-state index in [2.05, 4.69) is 86.8 Å². The van der Waals surface area contributed by atoms with Crippen LogP contribution in [0.3, 0.4) is 0 Å². The highest BCUT2D eigenvalue weighted by Crippen LogP contribution is 2.41. The summed E-state index contributed by atoms with van der Waals surface area (Å²) in [6.45, 7) is 23.4. The molecule has 0 rings (SSSR count). The Balaban J connectivity index is 5.52. The molecule has 0 aromatic carbocycles. The van der Waals surface area contributed by atoms with Crippen molar-refractivity contribution in [3.8, 4) is 11.5 Å². The van der Waals surface area contributed by atoms with Gasteiger partial charge in [0.1, 0.15) is 8.07 Å². The maximum Gasteiger partial charge on any atom is 0.146 e. The first-order valence-corrected chi connectivity index (χ1v) is 13.5. The Bertz CT molecular complexity index is 423. The summed E-state index contributed by atoms with van der Waals surface area (Å²) in [6, 6.07) is 0. The third-order valence-electron chi connectivity index (χ3n) is 4.49. The number of hydrogen-bond acceptors (Lipinski definition) is 2. The highest BCUT2D eigenvalue weighted by Gasteiger charge is 2.41. The van der Waals surface area contributed by atoms with Crippen LogP contribution in [0, 0.1) is 11.5 Å². The number of thioether (sulfide) groups is 2. The van der Waals surface area contributed by atoms with E-state index in [0.717, 1.165) is 0 Å².